The fourth-order valence-corrected chi connectivity index (χ4v) is 3.30. The van der Waals surface area contributed by atoms with Crippen LogP contribution in [0.3, 0.4) is 0 Å². The highest BCUT2D eigenvalue weighted by Gasteiger charge is 2.15. The highest BCUT2D eigenvalue weighted by molar-refractivity contribution is 7.92. The fraction of sp³-hybridized carbons (Fsp3) is 0.300. The van der Waals surface area contributed by atoms with Crippen LogP contribution < -0.4 is 4.72 Å². The molecule has 0 saturated carbocycles. The molecule has 0 fully saturated rings. The molecule has 24 heavy (non-hydrogen) atoms. The maximum Gasteiger partial charge on any atom is 0.261 e. The SMILES string of the molecule is CCCCCC#Cc1ccccc1NS(=O)(=O)c1ccc(C)cc1. The molecular weight excluding hydrogens is 318 g/mol. The van der Waals surface area contributed by atoms with Crippen LogP contribution in [0.1, 0.15) is 43.7 Å². The molecular formula is C20H23NO2S. The Kier molecular flexibility index (Phi) is 6.45. The molecule has 0 aromatic heterocycles. The predicted molar refractivity (Wildman–Crippen MR) is 99.4 cm³/mol. The normalized spacial score (nSPS) is 10.8. The van der Waals surface area contributed by atoms with Crippen LogP contribution in [0.4, 0.5) is 5.69 Å². The topological polar surface area (TPSA) is 46.2 Å². The predicted octanol–water partition coefficient (Wildman–Crippen LogP) is 4.73. The van der Waals surface area contributed by atoms with Gasteiger partial charge in [0.15, 0.2) is 0 Å². The highest BCUT2D eigenvalue weighted by atomic mass is 32.2. The minimum Gasteiger partial charge on any atom is -0.278 e. The smallest absolute Gasteiger partial charge is 0.261 e. The van der Waals surface area contributed by atoms with Crippen LogP contribution in [0, 0.1) is 18.8 Å². The van der Waals surface area contributed by atoms with E-state index in [1.807, 2.05) is 19.1 Å². The molecule has 2 rings (SSSR count). The Morgan fingerprint density at radius 3 is 2.42 bits per heavy atom. The van der Waals surface area contributed by atoms with Crippen LogP contribution in [0.15, 0.2) is 53.4 Å². The zero-order valence-electron chi connectivity index (χ0n) is 14.2. The molecule has 0 bridgehead atoms. The number of hydrogen-bond acceptors (Lipinski definition) is 2. The number of sulfonamides is 1. The number of benzene rings is 2. The van der Waals surface area contributed by atoms with Crippen molar-refractivity contribution in [2.45, 2.75) is 44.4 Å². The summed E-state index contributed by atoms with van der Waals surface area (Å²) in [6.07, 6.45) is 4.22. The molecule has 0 aliphatic heterocycles. The molecule has 2 aromatic carbocycles. The van der Waals surface area contributed by atoms with Crippen molar-refractivity contribution in [3.8, 4) is 11.8 Å². The number of hydrogen-bond donors (Lipinski definition) is 1. The van der Waals surface area contributed by atoms with E-state index in [0.29, 0.717) is 11.3 Å². The second kappa shape index (κ2) is 8.56. The lowest BCUT2D eigenvalue weighted by Gasteiger charge is -2.10. The number of aryl methyl sites for hydroxylation is 1. The van der Waals surface area contributed by atoms with E-state index in [9.17, 15) is 8.42 Å². The van der Waals surface area contributed by atoms with Gasteiger partial charge in [0.1, 0.15) is 0 Å². The van der Waals surface area contributed by atoms with Crippen molar-refractivity contribution < 1.29 is 8.42 Å². The van der Waals surface area contributed by atoms with E-state index in [2.05, 4.69) is 23.5 Å². The molecule has 0 heterocycles. The monoisotopic (exact) mass is 341 g/mol. The van der Waals surface area contributed by atoms with Gasteiger partial charge >= 0.3 is 0 Å². The van der Waals surface area contributed by atoms with Gasteiger partial charge in [-0.25, -0.2) is 8.42 Å². The van der Waals surface area contributed by atoms with Crippen molar-refractivity contribution in [2.24, 2.45) is 0 Å². The maximum absolute atomic E-state index is 12.5. The van der Waals surface area contributed by atoms with Crippen LogP contribution in [0.2, 0.25) is 0 Å². The van der Waals surface area contributed by atoms with Gasteiger partial charge in [0.25, 0.3) is 10.0 Å². The molecule has 0 radical (unpaired) electrons. The molecule has 0 atom stereocenters. The van der Waals surface area contributed by atoms with E-state index in [0.717, 1.165) is 31.2 Å². The summed E-state index contributed by atoms with van der Waals surface area (Å²) in [7, 11) is -3.61. The molecule has 4 heteroatoms. The van der Waals surface area contributed by atoms with Crippen molar-refractivity contribution in [2.75, 3.05) is 4.72 Å². The summed E-state index contributed by atoms with van der Waals surface area (Å²) >= 11 is 0. The average Bonchev–Trinajstić information content (AvgIpc) is 2.56. The fourth-order valence-electron chi connectivity index (χ4n) is 2.22. The van der Waals surface area contributed by atoms with Crippen molar-refractivity contribution in [1.29, 1.82) is 0 Å². The Labute approximate surface area is 145 Å². The van der Waals surface area contributed by atoms with E-state index >= 15 is 0 Å². The third kappa shape index (κ3) is 5.14. The van der Waals surface area contributed by atoms with Gasteiger partial charge in [-0.05, 0) is 37.6 Å². The molecule has 126 valence electrons. The number of rotatable bonds is 6. The summed E-state index contributed by atoms with van der Waals surface area (Å²) in [5.41, 5.74) is 2.23. The lowest BCUT2D eigenvalue weighted by Crippen LogP contribution is -2.13. The lowest BCUT2D eigenvalue weighted by atomic mass is 10.1. The van der Waals surface area contributed by atoms with E-state index in [-0.39, 0.29) is 4.90 Å². The Morgan fingerprint density at radius 1 is 1.00 bits per heavy atom. The Hall–Kier alpha value is -2.25. The van der Waals surface area contributed by atoms with E-state index in [4.69, 9.17) is 0 Å². The van der Waals surface area contributed by atoms with Gasteiger partial charge in [0.2, 0.25) is 0 Å². The minimum atomic E-state index is -3.61. The van der Waals surface area contributed by atoms with Gasteiger partial charge in [-0.3, -0.25) is 4.72 Å². The van der Waals surface area contributed by atoms with Crippen LogP contribution >= 0.6 is 0 Å². The average molecular weight is 341 g/mol. The number of para-hydroxylation sites is 1. The quantitative estimate of drug-likeness (QED) is 0.610. The summed E-state index contributed by atoms with van der Waals surface area (Å²) in [5.74, 6) is 6.20. The number of nitrogens with one attached hydrogen (secondary N) is 1. The standard InChI is InChI=1S/C20H23NO2S/c1-3-4-5-6-7-10-18-11-8-9-12-20(18)21-24(22,23)19-15-13-17(2)14-16-19/h8-9,11-16,21H,3-6H2,1-2H3. The van der Waals surface area contributed by atoms with Crippen molar-refractivity contribution in [3.63, 3.8) is 0 Å². The molecule has 0 saturated heterocycles. The first-order valence-corrected chi connectivity index (χ1v) is 9.68. The summed E-state index contributed by atoms with van der Waals surface area (Å²) in [6.45, 7) is 4.08. The molecule has 0 spiro atoms. The highest BCUT2D eigenvalue weighted by Crippen LogP contribution is 2.19. The van der Waals surface area contributed by atoms with Crippen molar-refractivity contribution in [1.82, 2.24) is 0 Å². The molecule has 1 N–H and O–H groups in total. The first-order valence-electron chi connectivity index (χ1n) is 8.20. The largest absolute Gasteiger partial charge is 0.278 e. The van der Waals surface area contributed by atoms with Gasteiger partial charge in [0.05, 0.1) is 10.6 Å². The summed E-state index contributed by atoms with van der Waals surface area (Å²) in [4.78, 5) is 0.249. The Balaban J connectivity index is 2.19. The molecule has 0 aliphatic carbocycles. The van der Waals surface area contributed by atoms with E-state index in [1.165, 1.54) is 0 Å². The van der Waals surface area contributed by atoms with Gasteiger partial charge in [-0.15, -0.1) is 0 Å². The van der Waals surface area contributed by atoms with Gasteiger partial charge in [0, 0.05) is 12.0 Å². The van der Waals surface area contributed by atoms with Crippen LogP contribution in [-0.2, 0) is 10.0 Å². The summed E-state index contributed by atoms with van der Waals surface area (Å²) in [6, 6.07) is 14.0. The maximum atomic E-state index is 12.5. The van der Waals surface area contributed by atoms with Crippen molar-refractivity contribution in [3.05, 3.63) is 59.7 Å². The molecule has 3 nitrogen and oxygen atoms in total. The van der Waals surface area contributed by atoms with Crippen LogP contribution in [0.25, 0.3) is 0 Å². The first-order chi connectivity index (χ1) is 11.5. The lowest BCUT2D eigenvalue weighted by molar-refractivity contribution is 0.601. The van der Waals surface area contributed by atoms with Crippen molar-refractivity contribution >= 4 is 15.7 Å². The van der Waals surface area contributed by atoms with Gasteiger partial charge in [-0.2, -0.15) is 0 Å². The summed E-state index contributed by atoms with van der Waals surface area (Å²) in [5, 5.41) is 0. The number of unbranched alkanes of at least 4 members (excludes halogenated alkanes) is 3. The van der Waals surface area contributed by atoms with E-state index < -0.39 is 10.0 Å². The Morgan fingerprint density at radius 2 is 1.71 bits per heavy atom. The van der Waals surface area contributed by atoms with Gasteiger partial charge < -0.3 is 0 Å². The second-order valence-corrected chi connectivity index (χ2v) is 7.41. The second-order valence-electron chi connectivity index (χ2n) is 5.72. The van der Waals surface area contributed by atoms with Crippen LogP contribution in [0.5, 0.6) is 0 Å². The minimum absolute atomic E-state index is 0.249. The summed E-state index contributed by atoms with van der Waals surface area (Å²) < 4.78 is 27.7. The third-order valence-electron chi connectivity index (χ3n) is 3.63. The molecule has 0 amide bonds. The third-order valence-corrected chi connectivity index (χ3v) is 5.01. The zero-order chi connectivity index (χ0) is 17.4. The zero-order valence-corrected chi connectivity index (χ0v) is 15.0. The first kappa shape index (κ1) is 18.1. The molecule has 0 unspecified atom stereocenters. The molecule has 2 aromatic rings. The van der Waals surface area contributed by atoms with Crippen LogP contribution in [-0.4, -0.2) is 8.42 Å². The number of anilines is 1. The van der Waals surface area contributed by atoms with Gasteiger partial charge in [-0.1, -0.05) is 61.4 Å². The van der Waals surface area contributed by atoms with E-state index in [1.54, 1.807) is 36.4 Å². The Bertz CT molecular complexity index is 828. The molecule has 0 aliphatic rings.